The van der Waals surface area contributed by atoms with Gasteiger partial charge in [0.15, 0.2) is 0 Å². The first-order chi connectivity index (χ1) is 13.0. The second-order valence-corrected chi connectivity index (χ2v) is 6.23. The summed E-state index contributed by atoms with van der Waals surface area (Å²) in [5.74, 6) is -0.179. The van der Waals surface area contributed by atoms with E-state index in [1.807, 2.05) is 44.2 Å². The molecule has 0 bridgehead atoms. The normalized spacial score (nSPS) is 10.1. The van der Waals surface area contributed by atoms with Gasteiger partial charge in [0.05, 0.1) is 0 Å². The van der Waals surface area contributed by atoms with Crippen molar-refractivity contribution in [3.63, 3.8) is 0 Å². The zero-order valence-electron chi connectivity index (χ0n) is 15.2. The summed E-state index contributed by atoms with van der Waals surface area (Å²) in [5, 5.41) is 8.39. The molecular weight excluding hydrogens is 338 g/mol. The van der Waals surface area contributed by atoms with Crippen molar-refractivity contribution in [3.05, 3.63) is 89.5 Å². The lowest BCUT2D eigenvalue weighted by Crippen LogP contribution is -2.19. The third kappa shape index (κ3) is 4.73. The molecule has 0 atom stereocenters. The molecule has 3 N–H and O–H groups in total. The lowest BCUT2D eigenvalue weighted by Gasteiger charge is -2.11. The molecule has 3 aromatic rings. The summed E-state index contributed by atoms with van der Waals surface area (Å²) in [6.07, 6.45) is 0. The summed E-state index contributed by atoms with van der Waals surface area (Å²) in [6, 6.07) is 21.5. The Kier molecular flexibility index (Phi) is 5.52. The van der Waals surface area contributed by atoms with Gasteiger partial charge in [0.2, 0.25) is 0 Å². The van der Waals surface area contributed by atoms with Crippen molar-refractivity contribution in [1.82, 2.24) is 0 Å². The highest BCUT2D eigenvalue weighted by Crippen LogP contribution is 2.19. The molecule has 0 fully saturated rings. The topological polar surface area (TPSA) is 70.2 Å². The van der Waals surface area contributed by atoms with Gasteiger partial charge >= 0.3 is 6.03 Å². The van der Waals surface area contributed by atoms with Crippen LogP contribution >= 0.6 is 0 Å². The van der Waals surface area contributed by atoms with E-state index in [1.165, 1.54) is 0 Å². The Balaban J connectivity index is 1.67. The fourth-order valence-electron chi connectivity index (χ4n) is 2.69. The van der Waals surface area contributed by atoms with Gasteiger partial charge in [0, 0.05) is 22.6 Å². The van der Waals surface area contributed by atoms with E-state index in [0.29, 0.717) is 22.6 Å². The Hall–Kier alpha value is -3.60. The van der Waals surface area contributed by atoms with Crippen molar-refractivity contribution in [1.29, 1.82) is 0 Å². The van der Waals surface area contributed by atoms with Crippen LogP contribution in [0, 0.1) is 13.8 Å². The number of benzene rings is 3. The molecule has 0 spiro atoms. The molecule has 27 heavy (non-hydrogen) atoms. The maximum Gasteiger partial charge on any atom is 0.323 e. The van der Waals surface area contributed by atoms with Gasteiger partial charge in [-0.1, -0.05) is 36.4 Å². The molecule has 0 aliphatic carbocycles. The average Bonchev–Trinajstić information content (AvgIpc) is 2.65. The third-order valence-corrected chi connectivity index (χ3v) is 4.26. The lowest BCUT2D eigenvalue weighted by atomic mass is 10.0. The van der Waals surface area contributed by atoms with Crippen LogP contribution < -0.4 is 16.0 Å². The first-order valence-electron chi connectivity index (χ1n) is 8.63. The Morgan fingerprint density at radius 2 is 1.26 bits per heavy atom. The number of amides is 3. The molecular formula is C22H21N3O2. The van der Waals surface area contributed by atoms with Crippen molar-refractivity contribution in [2.45, 2.75) is 13.8 Å². The van der Waals surface area contributed by atoms with Crippen LogP contribution in [0.1, 0.15) is 21.5 Å². The number of hydrogen-bond acceptors (Lipinski definition) is 2. The first kappa shape index (κ1) is 18.2. The molecule has 0 unspecified atom stereocenters. The monoisotopic (exact) mass is 359 g/mol. The van der Waals surface area contributed by atoms with Gasteiger partial charge in [-0.3, -0.25) is 4.79 Å². The van der Waals surface area contributed by atoms with E-state index in [4.69, 9.17) is 0 Å². The van der Waals surface area contributed by atoms with Crippen LogP contribution in [0.4, 0.5) is 21.9 Å². The molecule has 0 saturated heterocycles. The van der Waals surface area contributed by atoms with Crippen LogP contribution in [-0.4, -0.2) is 11.9 Å². The van der Waals surface area contributed by atoms with E-state index < -0.39 is 0 Å². The van der Waals surface area contributed by atoms with E-state index in [-0.39, 0.29) is 11.9 Å². The number of carbonyl (C=O) groups is 2. The van der Waals surface area contributed by atoms with Crippen molar-refractivity contribution in [2.75, 3.05) is 16.0 Å². The van der Waals surface area contributed by atoms with Crippen molar-refractivity contribution < 1.29 is 9.59 Å². The Bertz CT molecular complexity index is 968. The SMILES string of the molecule is Cc1cccc(C(=O)Nc2cccc(NC(=O)Nc3ccccc3)c2)c1C. The Morgan fingerprint density at radius 1 is 0.667 bits per heavy atom. The number of hydrogen-bond donors (Lipinski definition) is 3. The quantitative estimate of drug-likeness (QED) is 0.599. The molecule has 0 saturated carbocycles. The minimum absolute atomic E-state index is 0.179. The van der Waals surface area contributed by atoms with E-state index in [9.17, 15) is 9.59 Å². The fraction of sp³-hybridized carbons (Fsp3) is 0.0909. The van der Waals surface area contributed by atoms with Gasteiger partial charge < -0.3 is 16.0 Å². The highest BCUT2D eigenvalue weighted by atomic mass is 16.2. The third-order valence-electron chi connectivity index (χ3n) is 4.26. The summed E-state index contributed by atoms with van der Waals surface area (Å²) in [6.45, 7) is 3.90. The maximum atomic E-state index is 12.6. The Morgan fingerprint density at radius 3 is 2.00 bits per heavy atom. The molecule has 3 rings (SSSR count). The van der Waals surface area contributed by atoms with Crippen LogP contribution in [-0.2, 0) is 0 Å². The summed E-state index contributed by atoms with van der Waals surface area (Å²) in [5.41, 5.74) is 4.55. The van der Waals surface area contributed by atoms with E-state index in [1.54, 1.807) is 42.5 Å². The summed E-state index contributed by atoms with van der Waals surface area (Å²) < 4.78 is 0. The second-order valence-electron chi connectivity index (χ2n) is 6.23. The van der Waals surface area contributed by atoms with Crippen LogP contribution in [0.3, 0.4) is 0 Å². The van der Waals surface area contributed by atoms with Gasteiger partial charge in [-0.05, 0) is 61.4 Å². The van der Waals surface area contributed by atoms with Gasteiger partial charge in [-0.15, -0.1) is 0 Å². The number of carbonyl (C=O) groups excluding carboxylic acids is 2. The van der Waals surface area contributed by atoms with E-state index in [2.05, 4.69) is 16.0 Å². The number of nitrogens with one attached hydrogen (secondary N) is 3. The van der Waals surface area contributed by atoms with Crippen LogP contribution in [0.15, 0.2) is 72.8 Å². The number of aryl methyl sites for hydroxylation is 1. The van der Waals surface area contributed by atoms with Crippen LogP contribution in [0.2, 0.25) is 0 Å². The van der Waals surface area contributed by atoms with Crippen molar-refractivity contribution in [2.24, 2.45) is 0 Å². The largest absolute Gasteiger partial charge is 0.323 e. The predicted molar refractivity (Wildman–Crippen MR) is 109 cm³/mol. The number of anilines is 3. The van der Waals surface area contributed by atoms with E-state index >= 15 is 0 Å². The number of para-hydroxylation sites is 1. The van der Waals surface area contributed by atoms with Gasteiger partial charge in [0.1, 0.15) is 0 Å². The predicted octanol–water partition coefficient (Wildman–Crippen LogP) is 5.20. The second kappa shape index (κ2) is 8.19. The number of urea groups is 1. The molecule has 5 nitrogen and oxygen atoms in total. The summed E-state index contributed by atoms with van der Waals surface area (Å²) >= 11 is 0. The minimum atomic E-state index is -0.348. The molecule has 0 heterocycles. The molecule has 0 aliphatic rings. The lowest BCUT2D eigenvalue weighted by molar-refractivity contribution is 0.102. The van der Waals surface area contributed by atoms with E-state index in [0.717, 1.165) is 11.1 Å². The molecule has 5 heteroatoms. The standard InChI is InChI=1S/C22H21N3O2/c1-15-8-6-13-20(16(15)2)21(26)23-18-11-7-12-19(14-18)25-22(27)24-17-9-4-3-5-10-17/h3-14H,1-2H3,(H,23,26)(H2,24,25,27). The summed E-state index contributed by atoms with van der Waals surface area (Å²) in [4.78, 5) is 24.7. The molecule has 0 aliphatic heterocycles. The van der Waals surface area contributed by atoms with Gasteiger partial charge in [0.25, 0.3) is 5.91 Å². The average molecular weight is 359 g/mol. The molecule has 3 amide bonds. The maximum absolute atomic E-state index is 12.6. The molecule has 0 radical (unpaired) electrons. The minimum Gasteiger partial charge on any atom is -0.322 e. The molecule has 3 aromatic carbocycles. The highest BCUT2D eigenvalue weighted by Gasteiger charge is 2.11. The molecule has 0 aromatic heterocycles. The highest BCUT2D eigenvalue weighted by molar-refractivity contribution is 6.06. The summed E-state index contributed by atoms with van der Waals surface area (Å²) in [7, 11) is 0. The zero-order valence-corrected chi connectivity index (χ0v) is 15.2. The van der Waals surface area contributed by atoms with Crippen molar-refractivity contribution in [3.8, 4) is 0 Å². The zero-order chi connectivity index (χ0) is 19.2. The van der Waals surface area contributed by atoms with Crippen LogP contribution in [0.25, 0.3) is 0 Å². The van der Waals surface area contributed by atoms with Gasteiger partial charge in [-0.25, -0.2) is 4.79 Å². The number of rotatable bonds is 4. The van der Waals surface area contributed by atoms with Gasteiger partial charge in [-0.2, -0.15) is 0 Å². The Labute approximate surface area is 158 Å². The smallest absolute Gasteiger partial charge is 0.322 e. The van der Waals surface area contributed by atoms with Crippen LogP contribution in [0.5, 0.6) is 0 Å². The fourth-order valence-corrected chi connectivity index (χ4v) is 2.69. The molecule has 136 valence electrons. The first-order valence-corrected chi connectivity index (χ1v) is 8.63. The van der Waals surface area contributed by atoms with Crippen molar-refractivity contribution >= 4 is 29.0 Å².